The number of rotatable bonds is 4. The van der Waals surface area contributed by atoms with Crippen molar-refractivity contribution in [3.8, 4) is 0 Å². The largest absolute Gasteiger partial charge is 0.289 e. The zero-order valence-corrected chi connectivity index (χ0v) is 11.4. The lowest BCUT2D eigenvalue weighted by Gasteiger charge is -1.99. The molecule has 0 amide bonds. The maximum atomic E-state index is 11.9. The molecule has 2 rings (SSSR count). The van der Waals surface area contributed by atoms with Crippen molar-refractivity contribution in [2.24, 2.45) is 5.14 Å². The van der Waals surface area contributed by atoms with Crippen LogP contribution in [-0.2, 0) is 10.0 Å². The van der Waals surface area contributed by atoms with Gasteiger partial charge in [-0.05, 0) is 23.8 Å². The summed E-state index contributed by atoms with van der Waals surface area (Å²) in [6.45, 7) is 0. The minimum Gasteiger partial charge on any atom is -0.289 e. The van der Waals surface area contributed by atoms with Gasteiger partial charge in [-0.15, -0.1) is 0 Å². The van der Waals surface area contributed by atoms with Gasteiger partial charge in [0.05, 0.1) is 4.90 Å². The van der Waals surface area contributed by atoms with E-state index >= 15 is 0 Å². The number of hydrogen-bond acceptors (Lipinski definition) is 3. The Morgan fingerprint density at radius 2 is 1.70 bits per heavy atom. The smallest absolute Gasteiger partial charge is 0.238 e. The third-order valence-corrected chi connectivity index (χ3v) is 3.58. The summed E-state index contributed by atoms with van der Waals surface area (Å²) in [4.78, 5) is 11.9. The lowest BCUT2D eigenvalue weighted by Crippen LogP contribution is -2.11. The molecule has 0 unspecified atom stereocenters. The first-order valence-corrected chi connectivity index (χ1v) is 7.42. The summed E-state index contributed by atoms with van der Waals surface area (Å²) in [5.74, 6) is -0.147. The first kappa shape index (κ1) is 14.2. The average molecular weight is 287 g/mol. The monoisotopic (exact) mass is 287 g/mol. The molecule has 2 aromatic rings. The summed E-state index contributed by atoms with van der Waals surface area (Å²) in [5, 5.41) is 5.05. The number of hydrogen-bond donors (Lipinski definition) is 1. The molecule has 20 heavy (non-hydrogen) atoms. The van der Waals surface area contributed by atoms with E-state index in [-0.39, 0.29) is 10.7 Å². The van der Waals surface area contributed by atoms with Gasteiger partial charge in [-0.25, -0.2) is 13.6 Å². The zero-order chi connectivity index (χ0) is 14.6. The van der Waals surface area contributed by atoms with Crippen molar-refractivity contribution in [3.05, 3.63) is 71.8 Å². The van der Waals surface area contributed by atoms with E-state index in [0.29, 0.717) is 11.1 Å². The Morgan fingerprint density at radius 3 is 2.35 bits per heavy atom. The highest BCUT2D eigenvalue weighted by atomic mass is 32.2. The second kappa shape index (κ2) is 5.81. The lowest BCUT2D eigenvalue weighted by molar-refractivity contribution is 0.104. The first-order chi connectivity index (χ1) is 9.47. The molecular formula is C15H13NO3S. The first-order valence-electron chi connectivity index (χ1n) is 5.87. The van der Waals surface area contributed by atoms with Gasteiger partial charge in [0.1, 0.15) is 0 Å². The van der Waals surface area contributed by atoms with E-state index < -0.39 is 10.0 Å². The standard InChI is InChI=1S/C15H13NO3S/c16-20(18,19)14-8-4-5-12(11-14)9-10-15(17)13-6-2-1-3-7-13/h1-11H,(H2,16,18,19). The Morgan fingerprint density at radius 1 is 1.00 bits per heavy atom. The zero-order valence-electron chi connectivity index (χ0n) is 10.6. The van der Waals surface area contributed by atoms with Crippen LogP contribution >= 0.6 is 0 Å². The maximum Gasteiger partial charge on any atom is 0.238 e. The molecule has 0 atom stereocenters. The van der Waals surface area contributed by atoms with E-state index in [4.69, 9.17) is 5.14 Å². The summed E-state index contributed by atoms with van der Waals surface area (Å²) in [6.07, 6.45) is 2.96. The molecule has 0 aromatic heterocycles. The number of ketones is 1. The van der Waals surface area contributed by atoms with E-state index in [1.165, 1.54) is 18.2 Å². The van der Waals surface area contributed by atoms with Gasteiger partial charge in [-0.2, -0.15) is 0 Å². The summed E-state index contributed by atoms with van der Waals surface area (Å²) < 4.78 is 22.5. The average Bonchev–Trinajstić information content (AvgIpc) is 2.45. The summed E-state index contributed by atoms with van der Waals surface area (Å²) in [5.41, 5.74) is 1.17. The molecule has 0 aliphatic rings. The van der Waals surface area contributed by atoms with Gasteiger partial charge in [0.15, 0.2) is 5.78 Å². The van der Waals surface area contributed by atoms with Crippen LogP contribution in [0.15, 0.2) is 65.6 Å². The van der Waals surface area contributed by atoms with Gasteiger partial charge in [-0.3, -0.25) is 4.79 Å². The molecular weight excluding hydrogens is 274 g/mol. The van der Waals surface area contributed by atoms with Gasteiger partial charge in [0.25, 0.3) is 0 Å². The van der Waals surface area contributed by atoms with Crippen molar-refractivity contribution in [2.45, 2.75) is 4.90 Å². The Kier molecular flexibility index (Phi) is 4.12. The molecule has 0 radical (unpaired) electrons. The molecule has 0 bridgehead atoms. The highest BCUT2D eigenvalue weighted by Gasteiger charge is 2.07. The Hall–Kier alpha value is -2.24. The van der Waals surface area contributed by atoms with Gasteiger partial charge in [-0.1, -0.05) is 48.5 Å². The Bertz CT molecular complexity index is 750. The van der Waals surface area contributed by atoms with Crippen LogP contribution in [0.4, 0.5) is 0 Å². The minimum atomic E-state index is -3.73. The van der Waals surface area contributed by atoms with E-state index in [2.05, 4.69) is 0 Å². The van der Waals surface area contributed by atoms with Crippen molar-refractivity contribution in [3.63, 3.8) is 0 Å². The van der Waals surface area contributed by atoms with Crippen molar-refractivity contribution >= 4 is 21.9 Å². The molecule has 2 aromatic carbocycles. The molecule has 0 spiro atoms. The van der Waals surface area contributed by atoms with Gasteiger partial charge < -0.3 is 0 Å². The molecule has 5 heteroatoms. The SMILES string of the molecule is NS(=O)(=O)c1cccc(C=CC(=O)c2ccccc2)c1. The van der Waals surface area contributed by atoms with E-state index in [1.807, 2.05) is 6.07 Å². The molecule has 2 N–H and O–H groups in total. The van der Waals surface area contributed by atoms with Crippen molar-refractivity contribution < 1.29 is 13.2 Å². The minimum absolute atomic E-state index is 0.0202. The van der Waals surface area contributed by atoms with Crippen molar-refractivity contribution in [2.75, 3.05) is 0 Å². The van der Waals surface area contributed by atoms with Crippen molar-refractivity contribution in [1.29, 1.82) is 0 Å². The molecule has 0 heterocycles. The number of nitrogens with two attached hydrogens (primary N) is 1. The van der Waals surface area contributed by atoms with Crippen molar-refractivity contribution in [1.82, 2.24) is 0 Å². The fourth-order valence-electron chi connectivity index (χ4n) is 1.67. The van der Waals surface area contributed by atoms with Crippen LogP contribution in [0.5, 0.6) is 0 Å². The normalized spacial score (nSPS) is 11.7. The molecule has 102 valence electrons. The fraction of sp³-hybridized carbons (Fsp3) is 0. The van der Waals surface area contributed by atoms with Gasteiger partial charge in [0, 0.05) is 5.56 Å². The fourth-order valence-corrected chi connectivity index (χ4v) is 2.23. The van der Waals surface area contributed by atoms with Crippen LogP contribution < -0.4 is 5.14 Å². The number of primary sulfonamides is 1. The third kappa shape index (κ3) is 3.63. The number of sulfonamides is 1. The van der Waals surface area contributed by atoms with Crippen LogP contribution in [0, 0.1) is 0 Å². The predicted octanol–water partition coefficient (Wildman–Crippen LogP) is 2.23. The van der Waals surface area contributed by atoms with E-state index in [1.54, 1.807) is 42.5 Å². The second-order valence-corrected chi connectivity index (χ2v) is 5.74. The number of allylic oxidation sites excluding steroid dienone is 1. The quantitative estimate of drug-likeness (QED) is 0.692. The summed E-state index contributed by atoms with van der Waals surface area (Å²) in [6, 6.07) is 14.9. The third-order valence-electron chi connectivity index (χ3n) is 2.67. The highest BCUT2D eigenvalue weighted by Crippen LogP contribution is 2.12. The lowest BCUT2D eigenvalue weighted by atomic mass is 10.1. The topological polar surface area (TPSA) is 77.2 Å². The van der Waals surface area contributed by atoms with Crippen LogP contribution in [0.1, 0.15) is 15.9 Å². The van der Waals surface area contributed by atoms with Crippen LogP contribution in [0.3, 0.4) is 0 Å². The number of carbonyl (C=O) groups is 1. The van der Waals surface area contributed by atoms with Crippen LogP contribution in [-0.4, -0.2) is 14.2 Å². The van der Waals surface area contributed by atoms with Crippen LogP contribution in [0.2, 0.25) is 0 Å². The molecule has 0 fully saturated rings. The molecule has 0 saturated heterocycles. The van der Waals surface area contributed by atoms with Gasteiger partial charge >= 0.3 is 0 Å². The van der Waals surface area contributed by atoms with Crippen LogP contribution in [0.25, 0.3) is 6.08 Å². The van der Waals surface area contributed by atoms with E-state index in [0.717, 1.165) is 0 Å². The Labute approximate surface area is 117 Å². The maximum absolute atomic E-state index is 11.9. The molecule has 0 aliphatic carbocycles. The highest BCUT2D eigenvalue weighted by molar-refractivity contribution is 7.89. The predicted molar refractivity (Wildman–Crippen MR) is 77.6 cm³/mol. The summed E-state index contributed by atoms with van der Waals surface area (Å²) in [7, 11) is -3.73. The Balaban J connectivity index is 2.22. The molecule has 0 aliphatic heterocycles. The molecule has 4 nitrogen and oxygen atoms in total. The number of benzene rings is 2. The van der Waals surface area contributed by atoms with E-state index in [9.17, 15) is 13.2 Å². The second-order valence-electron chi connectivity index (χ2n) is 4.18. The number of carbonyl (C=O) groups excluding carboxylic acids is 1. The summed E-state index contributed by atoms with van der Waals surface area (Å²) >= 11 is 0. The van der Waals surface area contributed by atoms with Gasteiger partial charge in [0.2, 0.25) is 10.0 Å². The molecule has 0 saturated carbocycles.